The van der Waals surface area contributed by atoms with Gasteiger partial charge in [-0.05, 0) is 97.1 Å². The predicted molar refractivity (Wildman–Crippen MR) is 264 cm³/mol. The van der Waals surface area contributed by atoms with Crippen LogP contribution in [0, 0.1) is 11.8 Å². The molecule has 368 valence electrons. The lowest BCUT2D eigenvalue weighted by Crippen LogP contribution is -2.51. The number of alkyl carbamates (subject to hydrolysis) is 2. The molecule has 5 heterocycles. The molecule has 0 radical (unpaired) electrons. The van der Waals surface area contributed by atoms with E-state index in [2.05, 4.69) is 129 Å². The molecule has 16 nitrogen and oxygen atoms in total. The van der Waals surface area contributed by atoms with Crippen molar-refractivity contribution in [2.24, 2.45) is 11.8 Å². The highest BCUT2D eigenvalue weighted by molar-refractivity contribution is 5.87. The Morgan fingerprint density at radius 2 is 1.33 bits per heavy atom. The number of nitrogens with zero attached hydrogens (tertiary/aromatic N) is 6. The Kier molecular flexibility index (Phi) is 14.7. The van der Waals surface area contributed by atoms with Gasteiger partial charge in [-0.2, -0.15) is 5.10 Å². The van der Waals surface area contributed by atoms with Crippen LogP contribution in [0.15, 0.2) is 78.4 Å². The lowest BCUT2D eigenvalue weighted by molar-refractivity contribution is -0.136. The van der Waals surface area contributed by atoms with E-state index in [9.17, 15) is 19.2 Å². The molecular formula is C53H70N10O6. The molecular weight excluding hydrogens is 873 g/mol. The van der Waals surface area contributed by atoms with Gasteiger partial charge in [0.1, 0.15) is 12.1 Å². The molecule has 0 bridgehead atoms. The van der Waals surface area contributed by atoms with Gasteiger partial charge < -0.3 is 39.8 Å². The minimum atomic E-state index is -0.713. The first-order valence-corrected chi connectivity index (χ1v) is 24.7. The third-order valence-corrected chi connectivity index (χ3v) is 14.5. The highest BCUT2D eigenvalue weighted by Gasteiger charge is 2.40. The minimum Gasteiger partial charge on any atom is -0.453 e. The van der Waals surface area contributed by atoms with Gasteiger partial charge in [0, 0.05) is 30.3 Å². The van der Waals surface area contributed by atoms with Crippen LogP contribution in [0.5, 0.6) is 0 Å². The number of anilines is 1. The molecule has 1 aliphatic carbocycles. The van der Waals surface area contributed by atoms with Crippen molar-refractivity contribution in [1.82, 2.24) is 45.8 Å². The van der Waals surface area contributed by atoms with Crippen LogP contribution in [-0.2, 0) is 24.5 Å². The molecule has 16 heteroatoms. The summed E-state index contributed by atoms with van der Waals surface area (Å²) in [4.78, 5) is 61.4. The molecule has 0 spiro atoms. The summed E-state index contributed by atoms with van der Waals surface area (Å²) in [6.45, 7) is 15.6. The molecule has 4 N–H and O–H groups in total. The van der Waals surface area contributed by atoms with Gasteiger partial charge in [-0.15, -0.1) is 10.2 Å². The van der Waals surface area contributed by atoms with Crippen molar-refractivity contribution in [1.29, 1.82) is 0 Å². The summed E-state index contributed by atoms with van der Waals surface area (Å²) in [5.74, 6) is 0.869. The number of aromatic nitrogens is 5. The number of amides is 4. The molecule has 1 unspecified atom stereocenters. The van der Waals surface area contributed by atoms with Gasteiger partial charge in [-0.25, -0.2) is 9.59 Å². The van der Waals surface area contributed by atoms with Crippen LogP contribution < -0.4 is 15.5 Å². The normalized spacial score (nSPS) is 22.5. The number of allylic oxidation sites excluding steroid dienone is 2. The smallest absolute Gasteiger partial charge is 0.407 e. The van der Waals surface area contributed by atoms with E-state index in [1.165, 1.54) is 36.6 Å². The Labute approximate surface area is 406 Å². The molecule has 3 saturated heterocycles. The molecule has 4 aromatic rings. The van der Waals surface area contributed by atoms with Gasteiger partial charge >= 0.3 is 12.2 Å². The van der Waals surface area contributed by atoms with Gasteiger partial charge in [0.2, 0.25) is 11.8 Å². The maximum absolute atomic E-state index is 13.8. The molecule has 7 atom stereocenters. The zero-order valence-corrected chi connectivity index (χ0v) is 41.6. The van der Waals surface area contributed by atoms with Crippen LogP contribution in [0.2, 0.25) is 0 Å². The van der Waals surface area contributed by atoms with E-state index in [-0.39, 0.29) is 59.2 Å². The van der Waals surface area contributed by atoms with Crippen molar-refractivity contribution in [3.8, 4) is 11.4 Å². The average molecular weight is 943 g/mol. The summed E-state index contributed by atoms with van der Waals surface area (Å²) in [6, 6.07) is 18.3. The van der Waals surface area contributed by atoms with E-state index in [1.807, 2.05) is 32.6 Å². The van der Waals surface area contributed by atoms with Crippen LogP contribution in [0.4, 0.5) is 15.3 Å². The number of carbonyl (C=O) groups is 4. The van der Waals surface area contributed by atoms with Crippen LogP contribution in [-0.4, -0.2) is 105 Å². The fourth-order valence-electron chi connectivity index (χ4n) is 10.6. The van der Waals surface area contributed by atoms with Crippen molar-refractivity contribution < 1.29 is 28.7 Å². The lowest BCUT2D eigenvalue weighted by Gasteiger charge is -2.35. The number of rotatable bonds is 13. The number of hydrogen-bond donors (Lipinski definition) is 4. The number of aromatic amines is 2. The number of nitrogens with one attached hydrogen (secondary N) is 4. The van der Waals surface area contributed by atoms with Crippen molar-refractivity contribution in [3.63, 3.8) is 0 Å². The summed E-state index contributed by atoms with van der Waals surface area (Å²) < 4.78 is 9.62. The number of carbonyl (C=O) groups excluding carboxylic acids is 4. The highest BCUT2D eigenvalue weighted by atomic mass is 16.5. The number of H-pyrrole nitrogens is 2. The second-order valence-electron chi connectivity index (χ2n) is 20.7. The highest BCUT2D eigenvalue weighted by Crippen LogP contribution is 2.45. The molecule has 4 aliphatic rings. The molecule has 8 rings (SSSR count). The van der Waals surface area contributed by atoms with Crippen LogP contribution >= 0.6 is 0 Å². The zero-order valence-electron chi connectivity index (χ0n) is 41.6. The topological polar surface area (TPSA) is 191 Å². The summed E-state index contributed by atoms with van der Waals surface area (Å²) in [5.41, 5.74) is 7.78. The summed E-state index contributed by atoms with van der Waals surface area (Å²) in [7, 11) is 2.60. The van der Waals surface area contributed by atoms with E-state index in [1.54, 1.807) is 4.90 Å². The van der Waals surface area contributed by atoms with Crippen molar-refractivity contribution in [2.75, 3.05) is 32.2 Å². The first-order chi connectivity index (χ1) is 33.1. The molecule has 0 saturated carbocycles. The summed E-state index contributed by atoms with van der Waals surface area (Å²) >= 11 is 0. The number of likely N-dealkylation sites (tertiary alicyclic amines) is 2. The number of ether oxygens (including phenoxy) is 2. The average Bonchev–Trinajstić information content (AvgIpc) is 4.21. The van der Waals surface area contributed by atoms with Crippen LogP contribution in [0.25, 0.3) is 11.4 Å². The monoisotopic (exact) mass is 943 g/mol. The lowest BCUT2D eigenvalue weighted by atomic mass is 9.87. The van der Waals surface area contributed by atoms with Gasteiger partial charge in [-0.1, -0.05) is 103 Å². The number of benzene rings is 2. The SMILES string of the molecule is COC(=O)N[C@H](C(=O)N1CCC[C@H]1c1cc(C2C=CC([C@H]3CC[C@H](c4ccc(-c5nnc([C@@H]6CCCN6C(=O)[C@@H](NC(=O)OC)C(C)C)[nH]5)cc4)N3c3ccc(C(C)(C)C)cc3)=CC2)n[nH]1)C(C)C. The van der Waals surface area contributed by atoms with Gasteiger partial charge in [0.25, 0.3) is 0 Å². The molecule has 2 aromatic heterocycles. The van der Waals surface area contributed by atoms with Gasteiger partial charge in [0.15, 0.2) is 11.6 Å². The molecule has 3 fully saturated rings. The first kappa shape index (κ1) is 49.0. The van der Waals surface area contributed by atoms with E-state index >= 15 is 0 Å². The Balaban J connectivity index is 0.979. The third kappa shape index (κ3) is 10.4. The maximum Gasteiger partial charge on any atom is 0.407 e. The number of hydrogen-bond acceptors (Lipinski definition) is 10. The largest absolute Gasteiger partial charge is 0.453 e. The molecule has 4 amide bonds. The van der Waals surface area contributed by atoms with Gasteiger partial charge in [-0.3, -0.25) is 14.7 Å². The Hall–Kier alpha value is -6.45. The van der Waals surface area contributed by atoms with Gasteiger partial charge in [0.05, 0.1) is 49.8 Å². The van der Waals surface area contributed by atoms with Crippen molar-refractivity contribution in [3.05, 3.63) is 107 Å². The Morgan fingerprint density at radius 3 is 1.90 bits per heavy atom. The maximum atomic E-state index is 13.8. The molecule has 3 aliphatic heterocycles. The fourth-order valence-corrected chi connectivity index (χ4v) is 10.6. The summed E-state index contributed by atoms with van der Waals surface area (Å²) in [5, 5.41) is 22.6. The first-order valence-electron chi connectivity index (χ1n) is 24.7. The Morgan fingerprint density at radius 1 is 0.739 bits per heavy atom. The fraction of sp³-hybridized carbons (Fsp3) is 0.528. The predicted octanol–water partition coefficient (Wildman–Crippen LogP) is 8.96. The van der Waals surface area contributed by atoms with Crippen molar-refractivity contribution in [2.45, 2.75) is 141 Å². The van der Waals surface area contributed by atoms with Crippen LogP contribution in [0.3, 0.4) is 0 Å². The summed E-state index contributed by atoms with van der Waals surface area (Å²) in [6.07, 6.45) is 11.7. The van der Waals surface area contributed by atoms with E-state index in [0.29, 0.717) is 24.7 Å². The molecule has 2 aromatic carbocycles. The minimum absolute atomic E-state index is 0.0299. The third-order valence-electron chi connectivity index (χ3n) is 14.5. The standard InChI is InChI=1S/C53H70N10O6/c1-31(2)45(54-51(66)68-8)49(64)61-28-10-12-43(61)40-30-39(57-58-40)33-14-16-34(17-15-33)41-26-27-42(63(41)38-24-22-37(23-25-38)53(5,6)7)35-18-20-36(21-19-35)47-56-48(60-59-47)44-13-11-29-62(44)50(65)46(32(3)4)55-52(67)69-9/h14,16-25,30-33,41-46H,10-13,15,26-29H2,1-9H3,(H,54,66)(H,55,67)(H,57,58)(H,56,59,60)/t33?,41-,42-,43+,44+,45+,46+/m1/s1. The second-order valence-corrected chi connectivity index (χ2v) is 20.7. The van der Waals surface area contributed by atoms with E-state index in [4.69, 9.17) is 14.6 Å². The quantitative estimate of drug-likeness (QED) is 0.101. The van der Waals surface area contributed by atoms with E-state index < -0.39 is 24.3 Å². The second kappa shape index (κ2) is 20.6. The van der Waals surface area contributed by atoms with Crippen LogP contribution in [0.1, 0.15) is 146 Å². The van der Waals surface area contributed by atoms with E-state index in [0.717, 1.165) is 61.9 Å². The van der Waals surface area contributed by atoms with Crippen molar-refractivity contribution >= 4 is 29.7 Å². The zero-order chi connectivity index (χ0) is 49.1. The number of methoxy groups -OCH3 is 2. The molecule has 69 heavy (non-hydrogen) atoms. The Bertz CT molecular complexity index is 2520.